The molecule has 1 heterocycles. The summed E-state index contributed by atoms with van der Waals surface area (Å²) in [5, 5.41) is 15.7. The summed E-state index contributed by atoms with van der Waals surface area (Å²) in [6.07, 6.45) is 2.62. The number of carbonyl (C=O) groups excluding carboxylic acids is 2. The Bertz CT molecular complexity index is 815. The second kappa shape index (κ2) is 8.34. The molecule has 0 aliphatic carbocycles. The van der Waals surface area contributed by atoms with Gasteiger partial charge in [0.1, 0.15) is 5.76 Å². The number of phenols is 1. The predicted octanol–water partition coefficient (Wildman–Crippen LogP) is 2.65. The Balaban J connectivity index is 1.88. The molecule has 9 heteroatoms. The zero-order valence-corrected chi connectivity index (χ0v) is 15.0. The number of aromatic nitrogens is 1. The number of hydrogen-bond acceptors (Lipinski definition) is 7. The number of amides is 1. The summed E-state index contributed by atoms with van der Waals surface area (Å²) in [5.41, 5.74) is 0.598. The number of anilines is 1. The highest BCUT2D eigenvalue weighted by Gasteiger charge is 2.09. The van der Waals surface area contributed by atoms with E-state index in [2.05, 4.69) is 26.4 Å². The van der Waals surface area contributed by atoms with Crippen LogP contribution in [0.4, 0.5) is 5.82 Å². The number of ether oxygens (including phenoxy) is 2. The van der Waals surface area contributed by atoms with Gasteiger partial charge < -0.3 is 24.4 Å². The van der Waals surface area contributed by atoms with Gasteiger partial charge in [-0.25, -0.2) is 4.79 Å². The van der Waals surface area contributed by atoms with E-state index in [1.54, 1.807) is 19.1 Å². The minimum atomic E-state index is -0.699. The van der Waals surface area contributed by atoms with Crippen molar-refractivity contribution in [1.29, 1.82) is 0 Å². The zero-order chi connectivity index (χ0) is 18.4. The number of methoxy groups -OCH3 is 1. The van der Waals surface area contributed by atoms with Crippen molar-refractivity contribution in [1.82, 2.24) is 5.16 Å². The van der Waals surface area contributed by atoms with Crippen molar-refractivity contribution in [2.45, 2.75) is 6.92 Å². The third kappa shape index (κ3) is 5.35. The van der Waals surface area contributed by atoms with Gasteiger partial charge in [0.2, 0.25) is 0 Å². The SMILES string of the molecule is COc1cc(/C=C/C(=O)OCC(=O)Nc2cc(C)on2)cc(Br)c1O. The van der Waals surface area contributed by atoms with Crippen LogP contribution in [0.3, 0.4) is 0 Å². The van der Waals surface area contributed by atoms with Crippen LogP contribution < -0.4 is 10.1 Å². The van der Waals surface area contributed by atoms with Crippen molar-refractivity contribution in [3.63, 3.8) is 0 Å². The van der Waals surface area contributed by atoms with Gasteiger partial charge in [0.25, 0.3) is 5.91 Å². The number of nitrogens with zero attached hydrogens (tertiary/aromatic N) is 1. The lowest BCUT2D eigenvalue weighted by Gasteiger charge is -2.06. The molecule has 1 amide bonds. The topological polar surface area (TPSA) is 111 Å². The van der Waals surface area contributed by atoms with Gasteiger partial charge in [-0.2, -0.15) is 0 Å². The van der Waals surface area contributed by atoms with Gasteiger partial charge in [-0.3, -0.25) is 4.79 Å². The van der Waals surface area contributed by atoms with E-state index in [4.69, 9.17) is 14.0 Å². The van der Waals surface area contributed by atoms with Crippen LogP contribution in [0.5, 0.6) is 11.5 Å². The molecule has 1 aromatic carbocycles. The van der Waals surface area contributed by atoms with Crippen molar-refractivity contribution in [3.05, 3.63) is 40.1 Å². The standard InChI is InChI=1S/C16H15BrN2O6/c1-9-5-13(19-25-9)18-14(20)8-24-15(21)4-3-10-6-11(17)16(22)12(7-10)23-2/h3-7,22H,8H2,1-2H3,(H,18,19,20)/b4-3+. The molecule has 0 saturated carbocycles. The Morgan fingerprint density at radius 3 is 2.80 bits per heavy atom. The molecule has 0 aliphatic heterocycles. The lowest BCUT2D eigenvalue weighted by atomic mass is 10.2. The minimum absolute atomic E-state index is 0.0398. The molecule has 0 aliphatic rings. The second-order valence-electron chi connectivity index (χ2n) is 4.87. The molecule has 132 valence electrons. The fourth-order valence-corrected chi connectivity index (χ4v) is 2.26. The number of halogens is 1. The third-order valence-electron chi connectivity index (χ3n) is 2.92. The molecule has 2 N–H and O–H groups in total. The maximum absolute atomic E-state index is 11.7. The first-order valence-electron chi connectivity index (χ1n) is 7.03. The van der Waals surface area contributed by atoms with Crippen LogP contribution in [0.15, 0.2) is 33.3 Å². The highest BCUT2D eigenvalue weighted by atomic mass is 79.9. The van der Waals surface area contributed by atoms with E-state index in [0.717, 1.165) is 6.08 Å². The third-order valence-corrected chi connectivity index (χ3v) is 3.53. The average molecular weight is 411 g/mol. The van der Waals surface area contributed by atoms with Crippen molar-refractivity contribution < 1.29 is 28.7 Å². The van der Waals surface area contributed by atoms with Gasteiger partial charge in [0, 0.05) is 12.1 Å². The summed E-state index contributed by atoms with van der Waals surface area (Å²) < 4.78 is 15.1. The maximum Gasteiger partial charge on any atom is 0.331 e. The van der Waals surface area contributed by atoms with Crippen LogP contribution in [-0.2, 0) is 14.3 Å². The monoisotopic (exact) mass is 410 g/mol. The van der Waals surface area contributed by atoms with Crippen LogP contribution in [0.1, 0.15) is 11.3 Å². The molecule has 0 unspecified atom stereocenters. The Kier molecular flexibility index (Phi) is 6.18. The fraction of sp³-hybridized carbons (Fsp3) is 0.188. The van der Waals surface area contributed by atoms with Crippen LogP contribution in [-0.4, -0.2) is 35.9 Å². The summed E-state index contributed by atoms with van der Waals surface area (Å²) in [6.45, 7) is 1.22. The van der Waals surface area contributed by atoms with E-state index in [0.29, 0.717) is 15.8 Å². The number of carbonyl (C=O) groups is 2. The highest BCUT2D eigenvalue weighted by molar-refractivity contribution is 9.10. The van der Waals surface area contributed by atoms with Gasteiger partial charge in [0.05, 0.1) is 11.6 Å². The zero-order valence-electron chi connectivity index (χ0n) is 13.4. The van der Waals surface area contributed by atoms with E-state index in [-0.39, 0.29) is 17.3 Å². The highest BCUT2D eigenvalue weighted by Crippen LogP contribution is 2.35. The maximum atomic E-state index is 11.7. The smallest absolute Gasteiger partial charge is 0.331 e. The second-order valence-corrected chi connectivity index (χ2v) is 5.72. The number of nitrogens with one attached hydrogen (secondary N) is 1. The first-order chi connectivity index (χ1) is 11.9. The lowest BCUT2D eigenvalue weighted by Crippen LogP contribution is -2.20. The largest absolute Gasteiger partial charge is 0.503 e. The van der Waals surface area contributed by atoms with Crippen molar-refractivity contribution in [2.24, 2.45) is 0 Å². The number of benzene rings is 1. The first-order valence-corrected chi connectivity index (χ1v) is 7.83. The summed E-state index contributed by atoms with van der Waals surface area (Å²) in [7, 11) is 1.41. The van der Waals surface area contributed by atoms with Gasteiger partial charge in [-0.15, -0.1) is 0 Å². The molecule has 0 spiro atoms. The molecule has 2 aromatic rings. The van der Waals surface area contributed by atoms with E-state index >= 15 is 0 Å². The number of rotatable bonds is 6. The quantitative estimate of drug-likeness (QED) is 0.555. The van der Waals surface area contributed by atoms with Crippen LogP contribution in [0, 0.1) is 6.92 Å². The molecule has 25 heavy (non-hydrogen) atoms. The average Bonchev–Trinajstić information content (AvgIpc) is 2.98. The Morgan fingerprint density at radius 2 is 2.16 bits per heavy atom. The predicted molar refractivity (Wildman–Crippen MR) is 92.2 cm³/mol. The van der Waals surface area contributed by atoms with Gasteiger partial charge in [0.15, 0.2) is 23.9 Å². The molecule has 0 saturated heterocycles. The fourth-order valence-electron chi connectivity index (χ4n) is 1.80. The van der Waals surface area contributed by atoms with E-state index in [1.807, 2.05) is 0 Å². The number of phenolic OH excluding ortho intramolecular Hbond substituents is 1. The molecule has 0 bridgehead atoms. The Hall–Kier alpha value is -2.81. The molecular formula is C16H15BrN2O6. The van der Waals surface area contributed by atoms with E-state index in [1.165, 1.54) is 19.3 Å². The molecule has 1 aromatic heterocycles. The number of esters is 1. The number of aryl methyl sites for hydroxylation is 1. The molecule has 0 atom stereocenters. The lowest BCUT2D eigenvalue weighted by molar-refractivity contribution is -0.142. The summed E-state index contributed by atoms with van der Waals surface area (Å²) in [6, 6.07) is 4.68. The summed E-state index contributed by atoms with van der Waals surface area (Å²) in [4.78, 5) is 23.3. The number of aromatic hydroxyl groups is 1. The number of hydrogen-bond donors (Lipinski definition) is 2. The molecule has 2 rings (SSSR count). The van der Waals surface area contributed by atoms with Crippen LogP contribution in [0.25, 0.3) is 6.08 Å². The van der Waals surface area contributed by atoms with Crippen molar-refractivity contribution >= 4 is 39.7 Å². The molecular weight excluding hydrogens is 396 g/mol. The van der Waals surface area contributed by atoms with Crippen LogP contribution >= 0.6 is 15.9 Å². The first kappa shape index (κ1) is 18.5. The molecule has 0 fully saturated rings. The minimum Gasteiger partial charge on any atom is -0.503 e. The Morgan fingerprint density at radius 1 is 1.40 bits per heavy atom. The normalized spacial score (nSPS) is 10.7. The van der Waals surface area contributed by atoms with Crippen LogP contribution in [0.2, 0.25) is 0 Å². The van der Waals surface area contributed by atoms with Gasteiger partial charge >= 0.3 is 5.97 Å². The van der Waals surface area contributed by atoms with Crippen molar-refractivity contribution in [3.8, 4) is 11.5 Å². The summed E-state index contributed by atoms with van der Waals surface area (Å²) in [5.74, 6) is -0.230. The van der Waals surface area contributed by atoms with E-state index in [9.17, 15) is 14.7 Å². The summed E-state index contributed by atoms with van der Waals surface area (Å²) >= 11 is 3.18. The van der Waals surface area contributed by atoms with Gasteiger partial charge in [-0.1, -0.05) is 5.16 Å². The van der Waals surface area contributed by atoms with Gasteiger partial charge in [-0.05, 0) is 46.6 Å². The van der Waals surface area contributed by atoms with E-state index < -0.39 is 18.5 Å². The Labute approximate surface area is 151 Å². The van der Waals surface area contributed by atoms with Crippen molar-refractivity contribution in [2.75, 3.05) is 19.0 Å². The molecule has 8 nitrogen and oxygen atoms in total. The molecule has 0 radical (unpaired) electrons.